The van der Waals surface area contributed by atoms with Gasteiger partial charge in [-0.1, -0.05) is 19.3 Å². The Morgan fingerprint density at radius 3 is 2.73 bits per heavy atom. The van der Waals surface area contributed by atoms with Crippen LogP contribution in [0.15, 0.2) is 61.2 Å². The Balaban J connectivity index is 1.19. The van der Waals surface area contributed by atoms with Crippen molar-refractivity contribution in [3.63, 3.8) is 0 Å². The minimum Gasteiger partial charge on any atom is -0.353 e. The van der Waals surface area contributed by atoms with Crippen LogP contribution in [-0.4, -0.2) is 36.0 Å². The van der Waals surface area contributed by atoms with Gasteiger partial charge in [0, 0.05) is 57.3 Å². The quantitative estimate of drug-likeness (QED) is 0.200. The van der Waals surface area contributed by atoms with Gasteiger partial charge in [0.2, 0.25) is 5.91 Å². The fourth-order valence-corrected chi connectivity index (χ4v) is 6.62. The van der Waals surface area contributed by atoms with Gasteiger partial charge in [-0.15, -0.1) is 11.3 Å². The van der Waals surface area contributed by atoms with Crippen molar-refractivity contribution in [3.05, 3.63) is 66.1 Å². The van der Waals surface area contributed by atoms with Crippen molar-refractivity contribution in [2.75, 3.05) is 5.32 Å². The molecule has 1 aliphatic rings. The van der Waals surface area contributed by atoms with Crippen molar-refractivity contribution >= 4 is 44.9 Å². The summed E-state index contributed by atoms with van der Waals surface area (Å²) in [6.45, 7) is 2.11. The Bertz CT molecular complexity index is 1840. The summed E-state index contributed by atoms with van der Waals surface area (Å²) in [4.78, 5) is 32.3. The number of rotatable bonds is 6. The predicted octanol–water partition coefficient (Wildman–Crippen LogP) is 7.51. The maximum Gasteiger partial charge on any atom is 0.224 e. The molecule has 1 saturated carbocycles. The Kier molecular flexibility index (Phi) is 6.36. The number of H-pyrrole nitrogens is 2. The monoisotopic (exact) mass is 547 g/mol. The van der Waals surface area contributed by atoms with E-state index in [1.807, 2.05) is 18.3 Å². The van der Waals surface area contributed by atoms with Gasteiger partial charge < -0.3 is 10.3 Å². The number of thiophene rings is 1. The summed E-state index contributed by atoms with van der Waals surface area (Å²) < 4.78 is 0. The number of anilines is 1. The van der Waals surface area contributed by atoms with Crippen LogP contribution in [0.3, 0.4) is 0 Å². The van der Waals surface area contributed by atoms with E-state index in [1.165, 1.54) is 24.1 Å². The van der Waals surface area contributed by atoms with Gasteiger partial charge in [-0.2, -0.15) is 5.10 Å². The van der Waals surface area contributed by atoms with Crippen molar-refractivity contribution < 1.29 is 4.79 Å². The van der Waals surface area contributed by atoms with Crippen LogP contribution < -0.4 is 5.32 Å². The van der Waals surface area contributed by atoms with Gasteiger partial charge in [0.05, 0.1) is 33.8 Å². The molecule has 6 aromatic heterocycles. The molecule has 0 atom stereocenters. The zero-order valence-corrected chi connectivity index (χ0v) is 23.0. The van der Waals surface area contributed by atoms with Crippen LogP contribution in [0.2, 0.25) is 0 Å². The van der Waals surface area contributed by atoms with Gasteiger partial charge in [0.25, 0.3) is 0 Å². The van der Waals surface area contributed by atoms with Crippen molar-refractivity contribution in [1.82, 2.24) is 30.1 Å². The summed E-state index contributed by atoms with van der Waals surface area (Å²) in [6, 6.07) is 12.4. The number of pyridine rings is 3. The second-order valence-corrected chi connectivity index (χ2v) is 11.9. The first kappa shape index (κ1) is 24.7. The number of aryl methyl sites for hydroxylation is 1. The van der Waals surface area contributed by atoms with E-state index in [0.29, 0.717) is 23.7 Å². The van der Waals surface area contributed by atoms with Crippen LogP contribution >= 0.6 is 11.3 Å². The maximum absolute atomic E-state index is 12.7. The molecule has 0 bridgehead atoms. The first-order valence-electron chi connectivity index (χ1n) is 13.7. The van der Waals surface area contributed by atoms with E-state index in [-0.39, 0.29) is 5.91 Å². The molecule has 0 unspecified atom stereocenters. The smallest absolute Gasteiger partial charge is 0.224 e. The molecule has 3 N–H and O–H groups in total. The van der Waals surface area contributed by atoms with Crippen LogP contribution in [0, 0.1) is 12.8 Å². The van der Waals surface area contributed by atoms with Crippen molar-refractivity contribution in [1.29, 1.82) is 0 Å². The van der Waals surface area contributed by atoms with E-state index < -0.39 is 0 Å². The van der Waals surface area contributed by atoms with Crippen molar-refractivity contribution in [3.8, 4) is 33.1 Å². The molecule has 7 rings (SSSR count). The van der Waals surface area contributed by atoms with E-state index in [4.69, 9.17) is 0 Å². The lowest BCUT2D eigenvalue weighted by molar-refractivity contribution is -0.117. The first-order chi connectivity index (χ1) is 19.6. The van der Waals surface area contributed by atoms with E-state index in [1.54, 1.807) is 29.9 Å². The highest BCUT2D eigenvalue weighted by atomic mass is 32.1. The molecule has 0 aliphatic heterocycles. The van der Waals surface area contributed by atoms with Crippen LogP contribution in [0.25, 0.3) is 55.0 Å². The molecule has 6 aromatic rings. The number of nitrogens with one attached hydrogen (secondary N) is 3. The fraction of sp³-hybridized carbons (Fsp3) is 0.258. The second-order valence-electron chi connectivity index (χ2n) is 10.6. The number of fused-ring (bicyclic) bond motifs is 2. The van der Waals surface area contributed by atoms with Gasteiger partial charge in [0.15, 0.2) is 5.65 Å². The lowest BCUT2D eigenvalue weighted by atomic mass is 9.87. The van der Waals surface area contributed by atoms with E-state index in [2.05, 4.69) is 66.6 Å². The number of nitrogens with zero attached hydrogens (tertiary/aromatic N) is 4. The highest BCUT2D eigenvalue weighted by Crippen LogP contribution is 2.36. The summed E-state index contributed by atoms with van der Waals surface area (Å²) >= 11 is 1.74. The zero-order chi connectivity index (χ0) is 27.1. The van der Waals surface area contributed by atoms with Crippen LogP contribution in [0.4, 0.5) is 5.69 Å². The van der Waals surface area contributed by atoms with Gasteiger partial charge in [0.1, 0.15) is 0 Å². The third-order valence-corrected chi connectivity index (χ3v) is 8.76. The molecule has 0 aromatic carbocycles. The normalized spacial score (nSPS) is 14.2. The number of carbonyl (C=O) groups is 1. The fourth-order valence-electron chi connectivity index (χ4n) is 5.74. The lowest BCUT2D eigenvalue weighted by Crippen LogP contribution is -2.18. The molecule has 40 heavy (non-hydrogen) atoms. The Labute approximate surface area is 235 Å². The average molecular weight is 548 g/mol. The zero-order valence-electron chi connectivity index (χ0n) is 22.2. The highest BCUT2D eigenvalue weighted by Gasteiger charge is 2.18. The average Bonchev–Trinajstić information content (AvgIpc) is 3.71. The summed E-state index contributed by atoms with van der Waals surface area (Å²) in [5, 5.41) is 12.6. The van der Waals surface area contributed by atoms with Gasteiger partial charge in [-0.3, -0.25) is 19.9 Å². The topological polar surface area (TPSA) is 112 Å². The summed E-state index contributed by atoms with van der Waals surface area (Å²) in [5.41, 5.74) is 6.87. The first-order valence-corrected chi connectivity index (χ1v) is 14.6. The molecule has 1 amide bonds. The minimum atomic E-state index is 0.0573. The van der Waals surface area contributed by atoms with E-state index >= 15 is 0 Å². The summed E-state index contributed by atoms with van der Waals surface area (Å²) in [7, 11) is 0. The number of amides is 1. The molecule has 1 aliphatic carbocycles. The van der Waals surface area contributed by atoms with Gasteiger partial charge in [-0.25, -0.2) is 4.98 Å². The van der Waals surface area contributed by atoms with E-state index in [0.717, 1.165) is 62.2 Å². The Morgan fingerprint density at radius 1 is 1.00 bits per heavy atom. The standard InChI is InChI=1S/C31H29N7OS/c1-18-7-8-27(40-18)30-23-14-26(36-25(23)9-10-33-30)29-24-13-21(16-34-31(24)38-37-29)20-12-22(17-32-15-20)35-28(39)11-19-5-3-2-4-6-19/h7-10,12-17,19,36H,2-6,11H2,1H3,(H,35,39)(H,34,37,38). The molecule has 6 heterocycles. The molecule has 200 valence electrons. The van der Waals surface area contributed by atoms with Gasteiger partial charge in [-0.05, 0) is 62.1 Å². The highest BCUT2D eigenvalue weighted by molar-refractivity contribution is 7.15. The van der Waals surface area contributed by atoms with Crippen LogP contribution in [0.5, 0.6) is 0 Å². The third-order valence-electron chi connectivity index (χ3n) is 7.75. The molecule has 1 fully saturated rings. The van der Waals surface area contributed by atoms with Crippen molar-refractivity contribution in [2.24, 2.45) is 5.92 Å². The molecule has 8 nitrogen and oxygen atoms in total. The number of hydrogen-bond acceptors (Lipinski definition) is 6. The van der Waals surface area contributed by atoms with Crippen LogP contribution in [-0.2, 0) is 4.79 Å². The second kappa shape index (κ2) is 10.3. The third kappa shape index (κ3) is 4.77. The Morgan fingerprint density at radius 2 is 1.88 bits per heavy atom. The Hall–Kier alpha value is -4.37. The van der Waals surface area contributed by atoms with Crippen LogP contribution in [0.1, 0.15) is 43.4 Å². The number of aromatic amines is 2. The summed E-state index contributed by atoms with van der Waals surface area (Å²) in [5.74, 6) is 0.545. The molecular formula is C31H29N7OS. The maximum atomic E-state index is 12.7. The predicted molar refractivity (Wildman–Crippen MR) is 160 cm³/mol. The number of aromatic nitrogens is 6. The number of carbonyl (C=O) groups excluding carboxylic acids is 1. The molecule has 9 heteroatoms. The largest absolute Gasteiger partial charge is 0.353 e. The van der Waals surface area contributed by atoms with E-state index in [9.17, 15) is 4.79 Å². The molecule has 0 saturated heterocycles. The lowest BCUT2D eigenvalue weighted by Gasteiger charge is -2.20. The van der Waals surface area contributed by atoms with Crippen molar-refractivity contribution in [2.45, 2.75) is 45.4 Å². The number of hydrogen-bond donors (Lipinski definition) is 3. The molecule has 0 radical (unpaired) electrons. The minimum absolute atomic E-state index is 0.0573. The molecular weight excluding hydrogens is 518 g/mol. The summed E-state index contributed by atoms with van der Waals surface area (Å²) in [6.07, 6.45) is 13.7. The SMILES string of the molecule is Cc1ccc(-c2nccc3[nH]c(-c4[nH]nc5ncc(-c6cncc(NC(=O)CC7CCCCC7)c6)cc45)cc23)s1. The van der Waals surface area contributed by atoms with Gasteiger partial charge >= 0.3 is 0 Å². The molecule has 0 spiro atoms.